The number of rotatable bonds is 6. The van der Waals surface area contributed by atoms with Gasteiger partial charge in [-0.1, -0.05) is 0 Å². The number of nitrogens with zero attached hydrogens (tertiary/aromatic N) is 2. The molecule has 0 bridgehead atoms. The van der Waals surface area contributed by atoms with Gasteiger partial charge in [0.1, 0.15) is 5.82 Å². The molecule has 0 atom stereocenters. The van der Waals surface area contributed by atoms with Crippen molar-refractivity contribution < 1.29 is 13.9 Å². The number of ether oxygens (including phenoxy) is 2. The molecule has 3 rings (SSSR count). The molecule has 25 heavy (non-hydrogen) atoms. The van der Waals surface area contributed by atoms with Crippen molar-refractivity contribution in [3.8, 4) is 22.8 Å². The van der Waals surface area contributed by atoms with Gasteiger partial charge in [-0.15, -0.1) is 11.3 Å². The second-order valence-corrected chi connectivity index (χ2v) is 5.89. The molecule has 0 saturated carbocycles. The SMILES string of the molecule is COc1ccc(C=NNc2nc(-c3ccc(F)cc3)cs2)cc1OC. The first-order valence-corrected chi connectivity index (χ1v) is 8.30. The lowest BCUT2D eigenvalue weighted by Crippen LogP contribution is -1.94. The monoisotopic (exact) mass is 357 g/mol. The van der Waals surface area contributed by atoms with Crippen molar-refractivity contribution in [2.75, 3.05) is 19.6 Å². The van der Waals surface area contributed by atoms with Gasteiger partial charge in [-0.25, -0.2) is 9.37 Å². The van der Waals surface area contributed by atoms with E-state index in [1.807, 2.05) is 23.6 Å². The standard InChI is InChI=1S/C18H16FN3O2S/c1-23-16-8-3-12(9-17(16)24-2)10-20-22-18-21-15(11-25-18)13-4-6-14(19)7-5-13/h3-11H,1-2H3,(H,21,22). The number of methoxy groups -OCH3 is 2. The number of aromatic nitrogens is 1. The van der Waals surface area contributed by atoms with Gasteiger partial charge in [0.15, 0.2) is 11.5 Å². The molecule has 7 heteroatoms. The van der Waals surface area contributed by atoms with E-state index in [4.69, 9.17) is 9.47 Å². The van der Waals surface area contributed by atoms with Crippen molar-refractivity contribution in [3.05, 3.63) is 59.2 Å². The van der Waals surface area contributed by atoms with Gasteiger partial charge in [0.05, 0.1) is 26.1 Å². The lowest BCUT2D eigenvalue weighted by Gasteiger charge is -2.07. The third-order valence-corrected chi connectivity index (χ3v) is 4.17. The van der Waals surface area contributed by atoms with Crippen LogP contribution in [0.3, 0.4) is 0 Å². The van der Waals surface area contributed by atoms with E-state index in [2.05, 4.69) is 15.5 Å². The van der Waals surface area contributed by atoms with E-state index in [1.54, 1.807) is 32.6 Å². The number of hydrogen-bond donors (Lipinski definition) is 1. The van der Waals surface area contributed by atoms with Crippen LogP contribution in [0.2, 0.25) is 0 Å². The van der Waals surface area contributed by atoms with Gasteiger partial charge in [0.25, 0.3) is 0 Å². The minimum atomic E-state index is -0.267. The van der Waals surface area contributed by atoms with Crippen molar-refractivity contribution in [2.24, 2.45) is 5.10 Å². The first-order valence-electron chi connectivity index (χ1n) is 7.42. The molecule has 5 nitrogen and oxygen atoms in total. The third-order valence-electron chi connectivity index (χ3n) is 3.43. The lowest BCUT2D eigenvalue weighted by molar-refractivity contribution is 0.355. The molecule has 1 aromatic heterocycles. The second kappa shape index (κ2) is 7.76. The van der Waals surface area contributed by atoms with E-state index in [9.17, 15) is 4.39 Å². The maximum absolute atomic E-state index is 13.0. The molecule has 0 unspecified atom stereocenters. The fraction of sp³-hybridized carbons (Fsp3) is 0.111. The number of hydrazone groups is 1. The van der Waals surface area contributed by atoms with E-state index in [0.717, 1.165) is 16.8 Å². The molecule has 0 aliphatic rings. The molecule has 1 N–H and O–H groups in total. The highest BCUT2D eigenvalue weighted by Gasteiger charge is 2.05. The molecular weight excluding hydrogens is 341 g/mol. The van der Waals surface area contributed by atoms with Crippen molar-refractivity contribution in [1.82, 2.24) is 4.98 Å². The lowest BCUT2D eigenvalue weighted by atomic mass is 10.2. The fourth-order valence-corrected chi connectivity index (χ4v) is 2.84. The van der Waals surface area contributed by atoms with Crippen LogP contribution in [0, 0.1) is 5.82 Å². The molecule has 0 fully saturated rings. The Morgan fingerprint density at radius 2 is 1.84 bits per heavy atom. The number of benzene rings is 2. The van der Waals surface area contributed by atoms with Gasteiger partial charge in [0, 0.05) is 10.9 Å². The van der Waals surface area contributed by atoms with Crippen LogP contribution in [0.4, 0.5) is 9.52 Å². The zero-order chi connectivity index (χ0) is 17.6. The van der Waals surface area contributed by atoms with Crippen LogP contribution in [0.25, 0.3) is 11.3 Å². The summed E-state index contributed by atoms with van der Waals surface area (Å²) in [5.41, 5.74) is 5.38. The van der Waals surface area contributed by atoms with E-state index < -0.39 is 0 Å². The number of anilines is 1. The van der Waals surface area contributed by atoms with E-state index >= 15 is 0 Å². The first kappa shape index (κ1) is 16.9. The second-order valence-electron chi connectivity index (χ2n) is 5.03. The largest absolute Gasteiger partial charge is 0.493 e. The Kier molecular flexibility index (Phi) is 5.25. The third kappa shape index (κ3) is 4.13. The Bertz CT molecular complexity index is 878. The molecule has 0 spiro atoms. The van der Waals surface area contributed by atoms with E-state index in [1.165, 1.54) is 23.5 Å². The average molecular weight is 357 g/mol. The fourth-order valence-electron chi connectivity index (χ4n) is 2.17. The highest BCUT2D eigenvalue weighted by Crippen LogP contribution is 2.27. The minimum Gasteiger partial charge on any atom is -0.493 e. The summed E-state index contributed by atoms with van der Waals surface area (Å²) in [5, 5.41) is 6.72. The molecule has 3 aromatic rings. The summed E-state index contributed by atoms with van der Waals surface area (Å²) in [6, 6.07) is 11.7. The van der Waals surface area contributed by atoms with Crippen LogP contribution in [-0.2, 0) is 0 Å². The molecule has 0 aliphatic heterocycles. The predicted octanol–water partition coefficient (Wildman–Crippen LogP) is 4.41. The number of hydrogen-bond acceptors (Lipinski definition) is 6. The molecule has 0 amide bonds. The van der Waals surface area contributed by atoms with Crippen molar-refractivity contribution in [3.63, 3.8) is 0 Å². The van der Waals surface area contributed by atoms with Crippen molar-refractivity contribution in [2.45, 2.75) is 0 Å². The number of nitrogens with one attached hydrogen (secondary N) is 1. The molecular formula is C18H16FN3O2S. The predicted molar refractivity (Wildman–Crippen MR) is 98.3 cm³/mol. The number of halogens is 1. The molecule has 0 saturated heterocycles. The first-order chi connectivity index (χ1) is 12.2. The Morgan fingerprint density at radius 3 is 2.56 bits per heavy atom. The summed E-state index contributed by atoms with van der Waals surface area (Å²) >= 11 is 1.42. The normalized spacial score (nSPS) is 10.8. The zero-order valence-corrected chi connectivity index (χ0v) is 14.5. The van der Waals surface area contributed by atoms with Gasteiger partial charge < -0.3 is 9.47 Å². The smallest absolute Gasteiger partial charge is 0.203 e. The quantitative estimate of drug-likeness (QED) is 0.524. The maximum atomic E-state index is 13.0. The van der Waals surface area contributed by atoms with Crippen LogP contribution in [0.5, 0.6) is 11.5 Å². The maximum Gasteiger partial charge on any atom is 0.203 e. The van der Waals surface area contributed by atoms with Gasteiger partial charge in [-0.2, -0.15) is 5.10 Å². The van der Waals surface area contributed by atoms with Crippen LogP contribution < -0.4 is 14.9 Å². The molecule has 0 aliphatic carbocycles. The highest BCUT2D eigenvalue weighted by molar-refractivity contribution is 7.14. The van der Waals surface area contributed by atoms with Crippen molar-refractivity contribution >= 4 is 22.7 Å². The van der Waals surface area contributed by atoms with Crippen LogP contribution in [0.15, 0.2) is 52.9 Å². The van der Waals surface area contributed by atoms with E-state index in [-0.39, 0.29) is 5.82 Å². The average Bonchev–Trinajstić information content (AvgIpc) is 3.11. The Hall–Kier alpha value is -2.93. The highest BCUT2D eigenvalue weighted by atomic mass is 32.1. The van der Waals surface area contributed by atoms with Crippen LogP contribution >= 0.6 is 11.3 Å². The summed E-state index contributed by atoms with van der Waals surface area (Å²) in [6.45, 7) is 0. The summed E-state index contributed by atoms with van der Waals surface area (Å²) in [7, 11) is 3.18. The van der Waals surface area contributed by atoms with Crippen LogP contribution in [0.1, 0.15) is 5.56 Å². The number of thiazole rings is 1. The minimum absolute atomic E-state index is 0.267. The summed E-state index contributed by atoms with van der Waals surface area (Å²) in [6.07, 6.45) is 1.67. The summed E-state index contributed by atoms with van der Waals surface area (Å²) in [4.78, 5) is 4.43. The Labute approximate surface area is 148 Å². The molecule has 2 aromatic carbocycles. The van der Waals surface area contributed by atoms with Gasteiger partial charge in [-0.05, 0) is 48.0 Å². The summed E-state index contributed by atoms with van der Waals surface area (Å²) < 4.78 is 23.4. The molecule has 0 radical (unpaired) electrons. The van der Waals surface area contributed by atoms with Crippen LogP contribution in [-0.4, -0.2) is 25.4 Å². The van der Waals surface area contributed by atoms with Gasteiger partial charge in [0.2, 0.25) is 5.13 Å². The Morgan fingerprint density at radius 1 is 1.08 bits per heavy atom. The van der Waals surface area contributed by atoms with E-state index in [0.29, 0.717) is 16.6 Å². The topological polar surface area (TPSA) is 55.7 Å². The Balaban J connectivity index is 1.67. The zero-order valence-electron chi connectivity index (χ0n) is 13.7. The summed E-state index contributed by atoms with van der Waals surface area (Å²) in [5.74, 6) is 1.03. The van der Waals surface area contributed by atoms with Crippen molar-refractivity contribution in [1.29, 1.82) is 0 Å². The molecule has 1 heterocycles. The van der Waals surface area contributed by atoms with Gasteiger partial charge >= 0.3 is 0 Å². The van der Waals surface area contributed by atoms with Gasteiger partial charge in [-0.3, -0.25) is 5.43 Å². The molecule has 128 valence electrons.